The fraction of sp³-hybridized carbons (Fsp3) is 0.455. The van der Waals surface area contributed by atoms with Crippen molar-refractivity contribution in [2.75, 3.05) is 26.9 Å². The van der Waals surface area contributed by atoms with Gasteiger partial charge in [0, 0.05) is 12.1 Å². The van der Waals surface area contributed by atoms with E-state index in [1.54, 1.807) is 7.11 Å². The first kappa shape index (κ1) is 10.3. The molecule has 0 aliphatic carbocycles. The molecule has 0 bridgehead atoms. The lowest BCUT2D eigenvalue weighted by molar-refractivity contribution is 0.245. The summed E-state index contributed by atoms with van der Waals surface area (Å²) in [4.78, 5) is 0. The number of ether oxygens (including phenoxy) is 2. The van der Waals surface area contributed by atoms with Crippen LogP contribution in [0.4, 0.5) is 0 Å². The summed E-state index contributed by atoms with van der Waals surface area (Å²) >= 11 is 0. The number of methoxy groups -OCH3 is 1. The van der Waals surface area contributed by atoms with Gasteiger partial charge in [-0.25, -0.2) is 0 Å². The van der Waals surface area contributed by atoms with E-state index in [-0.39, 0.29) is 12.6 Å². The molecule has 0 amide bonds. The molecule has 1 unspecified atom stereocenters. The van der Waals surface area contributed by atoms with Crippen molar-refractivity contribution in [3.8, 4) is 11.5 Å². The predicted octanol–water partition coefficient (Wildman–Crippen LogP) is 0.711. The lowest BCUT2D eigenvalue weighted by Gasteiger charge is -2.15. The van der Waals surface area contributed by atoms with E-state index in [0.717, 1.165) is 23.6 Å². The molecular weight excluding hydrogens is 194 g/mol. The van der Waals surface area contributed by atoms with Gasteiger partial charge < -0.3 is 19.9 Å². The number of benzene rings is 1. The Labute approximate surface area is 88.8 Å². The molecule has 0 radical (unpaired) electrons. The molecule has 4 nitrogen and oxygen atoms in total. The number of aliphatic hydroxyl groups excluding tert-OH is 1. The van der Waals surface area contributed by atoms with Crippen molar-refractivity contribution in [3.63, 3.8) is 0 Å². The van der Waals surface area contributed by atoms with Crippen molar-refractivity contribution in [1.29, 1.82) is 0 Å². The average molecular weight is 209 g/mol. The fourth-order valence-electron chi connectivity index (χ4n) is 1.72. The first-order chi connectivity index (χ1) is 7.35. The lowest BCUT2D eigenvalue weighted by atomic mass is 10.1. The smallest absolute Gasteiger partial charge is 0.124 e. The Morgan fingerprint density at radius 1 is 1.60 bits per heavy atom. The number of hydrogen-bond donors (Lipinski definition) is 2. The summed E-state index contributed by atoms with van der Waals surface area (Å²) in [7, 11) is 1.63. The molecule has 1 atom stereocenters. The van der Waals surface area contributed by atoms with Crippen LogP contribution >= 0.6 is 0 Å². The molecule has 15 heavy (non-hydrogen) atoms. The normalized spacial score (nSPS) is 20.0. The summed E-state index contributed by atoms with van der Waals surface area (Å²) in [6.45, 7) is 1.42. The highest BCUT2D eigenvalue weighted by molar-refractivity contribution is 5.42. The van der Waals surface area contributed by atoms with Gasteiger partial charge in [-0.15, -0.1) is 0 Å². The quantitative estimate of drug-likeness (QED) is 0.753. The van der Waals surface area contributed by atoms with Crippen molar-refractivity contribution < 1.29 is 14.6 Å². The molecule has 0 fully saturated rings. The number of nitrogens with one attached hydrogen (secondary N) is 1. The average Bonchev–Trinajstić information content (AvgIpc) is 2.49. The second kappa shape index (κ2) is 4.51. The molecule has 1 aromatic rings. The first-order valence-corrected chi connectivity index (χ1v) is 5.00. The Morgan fingerprint density at radius 2 is 2.47 bits per heavy atom. The zero-order chi connectivity index (χ0) is 10.7. The summed E-state index contributed by atoms with van der Waals surface area (Å²) < 4.78 is 10.7. The number of rotatable bonds is 2. The molecule has 82 valence electrons. The Hall–Kier alpha value is -1.26. The van der Waals surface area contributed by atoms with Crippen LogP contribution in [0.25, 0.3) is 0 Å². The van der Waals surface area contributed by atoms with Crippen LogP contribution in [0, 0.1) is 0 Å². The maximum atomic E-state index is 9.27. The van der Waals surface area contributed by atoms with Gasteiger partial charge in [-0.2, -0.15) is 0 Å². The van der Waals surface area contributed by atoms with Crippen molar-refractivity contribution in [3.05, 3.63) is 23.8 Å². The van der Waals surface area contributed by atoms with Crippen LogP contribution in [-0.2, 0) is 0 Å². The maximum Gasteiger partial charge on any atom is 0.124 e. The summed E-state index contributed by atoms with van der Waals surface area (Å²) in [6.07, 6.45) is 0. The third kappa shape index (κ3) is 2.06. The van der Waals surface area contributed by atoms with Crippen molar-refractivity contribution in [2.24, 2.45) is 0 Å². The van der Waals surface area contributed by atoms with E-state index in [4.69, 9.17) is 9.47 Å². The summed E-state index contributed by atoms with van der Waals surface area (Å²) in [5.74, 6) is 1.60. The van der Waals surface area contributed by atoms with E-state index < -0.39 is 0 Å². The lowest BCUT2D eigenvalue weighted by Crippen LogP contribution is -2.25. The van der Waals surface area contributed by atoms with Crippen LogP contribution in [0.1, 0.15) is 11.6 Å². The highest BCUT2D eigenvalue weighted by Crippen LogP contribution is 2.30. The van der Waals surface area contributed by atoms with Crippen LogP contribution in [0.15, 0.2) is 18.2 Å². The van der Waals surface area contributed by atoms with Gasteiger partial charge in [-0.05, 0) is 18.2 Å². The van der Waals surface area contributed by atoms with Crippen LogP contribution in [0.3, 0.4) is 0 Å². The number of hydrogen-bond acceptors (Lipinski definition) is 4. The molecule has 0 spiro atoms. The van der Waals surface area contributed by atoms with Gasteiger partial charge in [0.1, 0.15) is 18.1 Å². The van der Waals surface area contributed by atoms with Gasteiger partial charge >= 0.3 is 0 Å². The van der Waals surface area contributed by atoms with Crippen LogP contribution in [0.5, 0.6) is 11.5 Å². The van der Waals surface area contributed by atoms with Gasteiger partial charge in [0.05, 0.1) is 19.8 Å². The molecule has 2 rings (SSSR count). The molecule has 0 saturated heterocycles. The zero-order valence-electron chi connectivity index (χ0n) is 8.69. The van der Waals surface area contributed by atoms with Crippen molar-refractivity contribution in [2.45, 2.75) is 6.04 Å². The molecule has 1 heterocycles. The van der Waals surface area contributed by atoms with Gasteiger partial charge in [0.25, 0.3) is 0 Å². The number of fused-ring (bicyclic) bond motifs is 1. The highest BCUT2D eigenvalue weighted by atomic mass is 16.5. The third-order valence-corrected chi connectivity index (χ3v) is 2.53. The van der Waals surface area contributed by atoms with Crippen LogP contribution in [0.2, 0.25) is 0 Å². The fourth-order valence-corrected chi connectivity index (χ4v) is 1.72. The minimum absolute atomic E-state index is 0.0591. The minimum Gasteiger partial charge on any atom is -0.497 e. The Kier molecular flexibility index (Phi) is 3.08. The SMILES string of the molecule is COc1ccc2c(c1)C(CO)NCCO2. The van der Waals surface area contributed by atoms with E-state index in [1.807, 2.05) is 18.2 Å². The number of aliphatic hydroxyl groups is 1. The van der Waals surface area contributed by atoms with Crippen molar-refractivity contribution in [1.82, 2.24) is 5.32 Å². The van der Waals surface area contributed by atoms with Gasteiger partial charge in [-0.1, -0.05) is 0 Å². The molecule has 4 heteroatoms. The first-order valence-electron chi connectivity index (χ1n) is 5.00. The maximum absolute atomic E-state index is 9.27. The summed E-state index contributed by atoms with van der Waals surface area (Å²) in [5, 5.41) is 12.5. The molecule has 1 aromatic carbocycles. The molecule has 2 N–H and O–H groups in total. The molecule has 0 saturated carbocycles. The van der Waals surface area contributed by atoms with Crippen LogP contribution in [-0.4, -0.2) is 32.0 Å². The largest absolute Gasteiger partial charge is 0.497 e. The topological polar surface area (TPSA) is 50.7 Å². The highest BCUT2D eigenvalue weighted by Gasteiger charge is 2.18. The molecular formula is C11H15NO3. The third-order valence-electron chi connectivity index (χ3n) is 2.53. The van der Waals surface area contributed by atoms with E-state index in [9.17, 15) is 5.11 Å². The molecule has 1 aliphatic rings. The Bertz CT molecular complexity index is 341. The van der Waals surface area contributed by atoms with E-state index in [1.165, 1.54) is 0 Å². The molecule has 0 aromatic heterocycles. The van der Waals surface area contributed by atoms with Gasteiger partial charge in [-0.3, -0.25) is 0 Å². The van der Waals surface area contributed by atoms with Crippen molar-refractivity contribution >= 4 is 0 Å². The summed E-state index contributed by atoms with van der Waals surface area (Å²) in [5.41, 5.74) is 0.953. The Morgan fingerprint density at radius 3 is 3.20 bits per heavy atom. The predicted molar refractivity (Wildman–Crippen MR) is 56.3 cm³/mol. The van der Waals surface area contributed by atoms with Gasteiger partial charge in [0.2, 0.25) is 0 Å². The van der Waals surface area contributed by atoms with Crippen LogP contribution < -0.4 is 14.8 Å². The zero-order valence-corrected chi connectivity index (χ0v) is 8.69. The molecule has 1 aliphatic heterocycles. The second-order valence-electron chi connectivity index (χ2n) is 3.44. The monoisotopic (exact) mass is 209 g/mol. The van der Waals surface area contributed by atoms with E-state index >= 15 is 0 Å². The van der Waals surface area contributed by atoms with E-state index in [0.29, 0.717) is 6.61 Å². The standard InChI is InChI=1S/C11H15NO3/c1-14-8-2-3-11-9(6-8)10(7-13)12-4-5-15-11/h2-3,6,10,12-13H,4-5,7H2,1H3. The van der Waals surface area contributed by atoms with Gasteiger partial charge in [0.15, 0.2) is 0 Å². The minimum atomic E-state index is -0.0717. The summed E-state index contributed by atoms with van der Waals surface area (Å²) in [6, 6.07) is 5.56. The van der Waals surface area contributed by atoms with E-state index in [2.05, 4.69) is 5.32 Å². The second-order valence-corrected chi connectivity index (χ2v) is 3.44. The Balaban J connectivity index is 2.38.